The van der Waals surface area contributed by atoms with Gasteiger partial charge in [-0.3, -0.25) is 4.79 Å². The van der Waals surface area contributed by atoms with Crippen molar-refractivity contribution in [3.8, 4) is 0 Å². The minimum absolute atomic E-state index is 0.209. The summed E-state index contributed by atoms with van der Waals surface area (Å²) in [5, 5.41) is 6.61. The van der Waals surface area contributed by atoms with E-state index < -0.39 is 0 Å². The number of hydrogen-bond donors (Lipinski definition) is 2. The summed E-state index contributed by atoms with van der Waals surface area (Å²) in [6.45, 7) is 3.11. The van der Waals surface area contributed by atoms with E-state index in [0.29, 0.717) is 18.5 Å². The quantitative estimate of drug-likeness (QED) is 0.679. The number of amides is 1. The first-order valence-corrected chi connectivity index (χ1v) is 7.87. The zero-order valence-corrected chi connectivity index (χ0v) is 12.4. The molecule has 0 radical (unpaired) electrons. The zero-order chi connectivity index (χ0) is 14.2. The number of hydrogen-bond acceptors (Lipinski definition) is 2. The van der Waals surface area contributed by atoms with Gasteiger partial charge < -0.3 is 10.6 Å². The highest BCUT2D eigenvalue weighted by molar-refractivity contribution is 5.76. The molecule has 2 rings (SSSR count). The van der Waals surface area contributed by atoms with Crippen LogP contribution < -0.4 is 10.6 Å². The predicted molar refractivity (Wildman–Crippen MR) is 82.5 cm³/mol. The second-order valence-electron chi connectivity index (χ2n) is 5.65. The van der Waals surface area contributed by atoms with Gasteiger partial charge in [-0.15, -0.1) is 0 Å². The highest BCUT2D eigenvalue weighted by Crippen LogP contribution is 2.19. The zero-order valence-electron chi connectivity index (χ0n) is 12.4. The molecule has 1 fully saturated rings. The molecule has 0 saturated heterocycles. The van der Waals surface area contributed by atoms with Crippen molar-refractivity contribution in [3.05, 3.63) is 35.9 Å². The summed E-state index contributed by atoms with van der Waals surface area (Å²) in [6, 6.07) is 11.5. The molecule has 0 aromatic heterocycles. The average Bonchev–Trinajstić information content (AvgIpc) is 3.27. The molecule has 0 aliphatic heterocycles. The summed E-state index contributed by atoms with van der Waals surface area (Å²) >= 11 is 0. The van der Waals surface area contributed by atoms with Gasteiger partial charge in [0.2, 0.25) is 5.91 Å². The van der Waals surface area contributed by atoms with Gasteiger partial charge in [-0.2, -0.15) is 0 Å². The fourth-order valence-electron chi connectivity index (χ4n) is 2.41. The van der Waals surface area contributed by atoms with Crippen LogP contribution >= 0.6 is 0 Å². The molecule has 3 heteroatoms. The Labute approximate surface area is 122 Å². The lowest BCUT2D eigenvalue weighted by atomic mass is 10.0. The molecule has 0 heterocycles. The molecule has 3 nitrogen and oxygen atoms in total. The van der Waals surface area contributed by atoms with Crippen molar-refractivity contribution in [2.24, 2.45) is 0 Å². The Kier molecular flexibility index (Phi) is 6.06. The van der Waals surface area contributed by atoms with Gasteiger partial charge >= 0.3 is 0 Å². The van der Waals surface area contributed by atoms with E-state index in [2.05, 4.69) is 47.9 Å². The summed E-state index contributed by atoms with van der Waals surface area (Å²) in [5.74, 6) is 0.209. The van der Waals surface area contributed by atoms with Gasteiger partial charge in [-0.25, -0.2) is 0 Å². The van der Waals surface area contributed by atoms with E-state index in [0.717, 1.165) is 38.6 Å². The van der Waals surface area contributed by atoms with Crippen LogP contribution in [0.15, 0.2) is 30.3 Å². The van der Waals surface area contributed by atoms with Gasteiger partial charge in [0.1, 0.15) is 0 Å². The molecule has 110 valence electrons. The van der Waals surface area contributed by atoms with Crippen LogP contribution in [0.1, 0.15) is 57.1 Å². The van der Waals surface area contributed by atoms with Crippen LogP contribution in [0.3, 0.4) is 0 Å². The number of nitrogens with one attached hydrogen (secondary N) is 2. The minimum Gasteiger partial charge on any atom is -0.353 e. The van der Waals surface area contributed by atoms with Gasteiger partial charge in [0.05, 0.1) is 0 Å². The topological polar surface area (TPSA) is 41.1 Å². The molecule has 1 atom stereocenters. The van der Waals surface area contributed by atoms with Crippen molar-refractivity contribution in [1.29, 1.82) is 0 Å². The maximum Gasteiger partial charge on any atom is 0.220 e. The summed E-state index contributed by atoms with van der Waals surface area (Å²) in [4.78, 5) is 11.6. The van der Waals surface area contributed by atoms with E-state index in [1.807, 2.05) is 0 Å². The van der Waals surface area contributed by atoms with Crippen molar-refractivity contribution in [2.75, 3.05) is 6.54 Å². The second kappa shape index (κ2) is 8.05. The number of carbonyl (C=O) groups is 1. The maximum atomic E-state index is 11.6. The molecular formula is C17H26N2O. The van der Waals surface area contributed by atoms with Crippen LogP contribution in [0.2, 0.25) is 0 Å². The Morgan fingerprint density at radius 2 is 2.05 bits per heavy atom. The fourth-order valence-corrected chi connectivity index (χ4v) is 2.41. The molecule has 1 amide bonds. The molecule has 20 heavy (non-hydrogen) atoms. The molecule has 1 aromatic carbocycles. The highest BCUT2D eigenvalue weighted by Gasteiger charge is 2.22. The van der Waals surface area contributed by atoms with Crippen LogP contribution in [0.25, 0.3) is 0 Å². The van der Waals surface area contributed by atoms with Crippen molar-refractivity contribution >= 4 is 5.91 Å². The first-order valence-electron chi connectivity index (χ1n) is 7.87. The van der Waals surface area contributed by atoms with E-state index in [9.17, 15) is 4.79 Å². The third kappa shape index (κ3) is 5.33. The highest BCUT2D eigenvalue weighted by atomic mass is 16.1. The Bertz CT molecular complexity index is 401. The summed E-state index contributed by atoms with van der Waals surface area (Å²) in [7, 11) is 0. The Hall–Kier alpha value is -1.35. The molecular weight excluding hydrogens is 248 g/mol. The van der Waals surface area contributed by atoms with Gasteiger partial charge in [-0.1, -0.05) is 43.7 Å². The normalized spacial score (nSPS) is 15.8. The standard InChI is InChI=1S/C17H26N2O/c1-2-7-16(14-8-4-3-5-9-14)18-13-6-10-17(20)19-15-11-12-15/h3-5,8-9,15-16,18H,2,6-7,10-13H2,1H3,(H,19,20). The van der Waals surface area contributed by atoms with Gasteiger partial charge in [-0.05, 0) is 37.8 Å². The fraction of sp³-hybridized carbons (Fsp3) is 0.588. The summed E-state index contributed by atoms with van der Waals surface area (Å²) < 4.78 is 0. The van der Waals surface area contributed by atoms with Crippen molar-refractivity contribution in [3.63, 3.8) is 0 Å². The Balaban J connectivity index is 1.68. The van der Waals surface area contributed by atoms with Crippen LogP contribution in [0.5, 0.6) is 0 Å². The van der Waals surface area contributed by atoms with Crippen LogP contribution in [-0.2, 0) is 4.79 Å². The van der Waals surface area contributed by atoms with Crippen LogP contribution in [0, 0.1) is 0 Å². The van der Waals surface area contributed by atoms with Crippen molar-refractivity contribution in [2.45, 2.75) is 57.5 Å². The lowest BCUT2D eigenvalue weighted by molar-refractivity contribution is -0.121. The van der Waals surface area contributed by atoms with Gasteiger partial charge in [0.15, 0.2) is 0 Å². The van der Waals surface area contributed by atoms with E-state index >= 15 is 0 Å². The van der Waals surface area contributed by atoms with Gasteiger partial charge in [0.25, 0.3) is 0 Å². The monoisotopic (exact) mass is 274 g/mol. The smallest absolute Gasteiger partial charge is 0.220 e. The van der Waals surface area contributed by atoms with E-state index in [1.54, 1.807) is 0 Å². The van der Waals surface area contributed by atoms with E-state index in [1.165, 1.54) is 5.56 Å². The molecule has 2 N–H and O–H groups in total. The third-order valence-electron chi connectivity index (χ3n) is 3.69. The average molecular weight is 274 g/mol. The number of benzene rings is 1. The maximum absolute atomic E-state index is 11.6. The number of carbonyl (C=O) groups excluding carboxylic acids is 1. The van der Waals surface area contributed by atoms with Crippen molar-refractivity contribution in [1.82, 2.24) is 10.6 Å². The predicted octanol–water partition coefficient (Wildman–Crippen LogP) is 3.18. The molecule has 0 bridgehead atoms. The molecule has 1 aromatic rings. The molecule has 1 unspecified atom stereocenters. The first kappa shape index (κ1) is 15.0. The minimum atomic E-state index is 0.209. The van der Waals surface area contributed by atoms with Crippen LogP contribution in [0.4, 0.5) is 0 Å². The molecule has 0 spiro atoms. The Morgan fingerprint density at radius 3 is 2.70 bits per heavy atom. The van der Waals surface area contributed by atoms with Crippen LogP contribution in [-0.4, -0.2) is 18.5 Å². The van der Waals surface area contributed by atoms with E-state index in [-0.39, 0.29) is 5.91 Å². The lowest BCUT2D eigenvalue weighted by Gasteiger charge is -2.18. The number of rotatable bonds is 9. The SMILES string of the molecule is CCCC(NCCCC(=O)NC1CC1)c1ccccc1. The van der Waals surface area contributed by atoms with Crippen molar-refractivity contribution < 1.29 is 4.79 Å². The van der Waals surface area contributed by atoms with Gasteiger partial charge in [0, 0.05) is 18.5 Å². The Morgan fingerprint density at radius 1 is 1.30 bits per heavy atom. The largest absolute Gasteiger partial charge is 0.353 e. The third-order valence-corrected chi connectivity index (χ3v) is 3.69. The summed E-state index contributed by atoms with van der Waals surface area (Å²) in [6.07, 6.45) is 6.17. The summed E-state index contributed by atoms with van der Waals surface area (Å²) in [5.41, 5.74) is 1.34. The lowest BCUT2D eigenvalue weighted by Crippen LogP contribution is -2.27. The molecule has 1 aliphatic rings. The van der Waals surface area contributed by atoms with E-state index in [4.69, 9.17) is 0 Å². The second-order valence-corrected chi connectivity index (χ2v) is 5.65. The molecule has 1 aliphatic carbocycles. The first-order chi connectivity index (χ1) is 9.79. The molecule has 1 saturated carbocycles.